The van der Waals surface area contributed by atoms with Gasteiger partial charge in [0, 0.05) is 13.0 Å². The van der Waals surface area contributed by atoms with E-state index in [-0.39, 0.29) is 36.6 Å². The fraction of sp³-hybridized carbons (Fsp3) is 0.261. The van der Waals surface area contributed by atoms with Crippen LogP contribution in [0.5, 0.6) is 0 Å². The van der Waals surface area contributed by atoms with Gasteiger partial charge in [-0.2, -0.15) is 0 Å². The SMILES string of the molecule is CC(NC(=NCC(O)c1ccccc1)NCCc1ccco1)c1ccccc1.I. The molecule has 0 saturated carbocycles. The number of aliphatic hydroxyl groups is 1. The quantitative estimate of drug-likeness (QED) is 0.240. The van der Waals surface area contributed by atoms with Crippen LogP contribution in [0, 0.1) is 0 Å². The van der Waals surface area contributed by atoms with Crippen LogP contribution in [0.1, 0.15) is 36.0 Å². The van der Waals surface area contributed by atoms with Gasteiger partial charge in [0.1, 0.15) is 5.76 Å². The van der Waals surface area contributed by atoms with Gasteiger partial charge in [-0.15, -0.1) is 24.0 Å². The van der Waals surface area contributed by atoms with E-state index in [1.807, 2.05) is 60.7 Å². The molecule has 6 heteroatoms. The molecule has 2 atom stereocenters. The molecule has 0 aliphatic rings. The summed E-state index contributed by atoms with van der Waals surface area (Å²) < 4.78 is 5.38. The van der Waals surface area contributed by atoms with Gasteiger partial charge in [-0.25, -0.2) is 0 Å². The predicted octanol–water partition coefficient (Wildman–Crippen LogP) is 4.47. The van der Waals surface area contributed by atoms with Crippen molar-refractivity contribution < 1.29 is 9.52 Å². The zero-order valence-corrected chi connectivity index (χ0v) is 18.8. The number of guanidine groups is 1. The Bertz CT molecular complexity index is 839. The van der Waals surface area contributed by atoms with Crippen LogP contribution in [0.25, 0.3) is 0 Å². The number of rotatable bonds is 8. The van der Waals surface area contributed by atoms with Gasteiger partial charge in [0.25, 0.3) is 0 Å². The monoisotopic (exact) mass is 505 g/mol. The standard InChI is InChI=1S/C23H27N3O2.HI/c1-18(19-9-4-2-5-10-19)26-23(24-15-14-21-13-8-16-28-21)25-17-22(27)20-11-6-3-7-12-20;/h2-13,16,18,22,27H,14-15,17H2,1H3,(H2,24,25,26);1H. The highest BCUT2D eigenvalue weighted by Crippen LogP contribution is 2.13. The molecule has 154 valence electrons. The Kier molecular flexibility index (Phi) is 9.73. The normalized spacial score (nSPS) is 13.2. The number of furan rings is 1. The molecule has 29 heavy (non-hydrogen) atoms. The molecule has 0 spiro atoms. The van der Waals surface area contributed by atoms with E-state index in [0.717, 1.165) is 17.7 Å². The molecule has 1 heterocycles. The van der Waals surface area contributed by atoms with Crippen molar-refractivity contribution in [2.24, 2.45) is 4.99 Å². The van der Waals surface area contributed by atoms with Crippen LogP contribution in [0.15, 0.2) is 88.5 Å². The molecule has 0 saturated heterocycles. The minimum absolute atomic E-state index is 0. The zero-order chi connectivity index (χ0) is 19.6. The fourth-order valence-electron chi connectivity index (χ4n) is 2.90. The average Bonchev–Trinajstić information content (AvgIpc) is 3.26. The van der Waals surface area contributed by atoms with Crippen molar-refractivity contribution in [1.82, 2.24) is 10.6 Å². The second-order valence-electron chi connectivity index (χ2n) is 6.65. The van der Waals surface area contributed by atoms with E-state index >= 15 is 0 Å². The summed E-state index contributed by atoms with van der Waals surface area (Å²) in [6, 6.07) is 23.7. The first-order valence-electron chi connectivity index (χ1n) is 9.57. The van der Waals surface area contributed by atoms with Gasteiger partial charge in [-0.3, -0.25) is 4.99 Å². The third-order valence-electron chi connectivity index (χ3n) is 4.50. The second-order valence-corrected chi connectivity index (χ2v) is 6.65. The van der Waals surface area contributed by atoms with Gasteiger partial charge in [-0.1, -0.05) is 60.7 Å². The largest absolute Gasteiger partial charge is 0.469 e. The van der Waals surface area contributed by atoms with Crippen molar-refractivity contribution in [3.63, 3.8) is 0 Å². The van der Waals surface area contributed by atoms with Crippen molar-refractivity contribution in [3.8, 4) is 0 Å². The van der Waals surface area contributed by atoms with E-state index in [2.05, 4.69) is 34.7 Å². The number of hydrogen-bond donors (Lipinski definition) is 3. The van der Waals surface area contributed by atoms with Gasteiger partial charge >= 0.3 is 0 Å². The maximum atomic E-state index is 10.4. The van der Waals surface area contributed by atoms with Crippen LogP contribution < -0.4 is 10.6 Å². The maximum Gasteiger partial charge on any atom is 0.191 e. The molecule has 0 radical (unpaired) electrons. The highest BCUT2D eigenvalue weighted by molar-refractivity contribution is 14.0. The topological polar surface area (TPSA) is 69.8 Å². The second kappa shape index (κ2) is 12.3. The number of benzene rings is 2. The summed E-state index contributed by atoms with van der Waals surface area (Å²) in [7, 11) is 0. The number of nitrogens with zero attached hydrogens (tertiary/aromatic N) is 1. The zero-order valence-electron chi connectivity index (χ0n) is 16.5. The van der Waals surface area contributed by atoms with Gasteiger partial charge < -0.3 is 20.2 Å². The summed E-state index contributed by atoms with van der Waals surface area (Å²) in [6.07, 6.45) is 1.79. The lowest BCUT2D eigenvalue weighted by atomic mass is 10.1. The van der Waals surface area contributed by atoms with Gasteiger partial charge in [0.15, 0.2) is 5.96 Å². The Morgan fingerprint density at radius 1 is 0.966 bits per heavy atom. The maximum absolute atomic E-state index is 10.4. The summed E-state index contributed by atoms with van der Waals surface area (Å²) in [5.41, 5.74) is 2.03. The van der Waals surface area contributed by atoms with Crippen molar-refractivity contribution in [3.05, 3.63) is 95.9 Å². The number of halogens is 1. The molecule has 5 nitrogen and oxygen atoms in total. The minimum Gasteiger partial charge on any atom is -0.469 e. The Morgan fingerprint density at radius 2 is 1.62 bits per heavy atom. The highest BCUT2D eigenvalue weighted by Gasteiger charge is 2.10. The Morgan fingerprint density at radius 3 is 2.24 bits per heavy atom. The predicted molar refractivity (Wildman–Crippen MR) is 128 cm³/mol. The van der Waals surface area contributed by atoms with Crippen LogP contribution >= 0.6 is 24.0 Å². The number of aliphatic imine (C=N–C) groups is 1. The molecule has 3 rings (SSSR count). The van der Waals surface area contributed by atoms with Gasteiger partial charge in [-0.05, 0) is 30.2 Å². The summed E-state index contributed by atoms with van der Waals surface area (Å²) in [5, 5.41) is 17.2. The third-order valence-corrected chi connectivity index (χ3v) is 4.50. The van der Waals surface area contributed by atoms with Gasteiger partial charge in [0.2, 0.25) is 0 Å². The summed E-state index contributed by atoms with van der Waals surface area (Å²) in [6.45, 7) is 3.05. The smallest absolute Gasteiger partial charge is 0.191 e. The van der Waals surface area contributed by atoms with E-state index in [1.165, 1.54) is 5.56 Å². The summed E-state index contributed by atoms with van der Waals surface area (Å²) >= 11 is 0. The number of nitrogens with one attached hydrogen (secondary N) is 2. The molecule has 0 fully saturated rings. The number of hydrogen-bond acceptors (Lipinski definition) is 3. The molecule has 2 aromatic carbocycles. The van der Waals surface area contributed by atoms with Crippen molar-refractivity contribution >= 4 is 29.9 Å². The Balaban J connectivity index is 0.00000300. The Hall–Kier alpha value is -2.32. The molecular formula is C23H28IN3O2. The van der Waals surface area contributed by atoms with E-state index in [9.17, 15) is 5.11 Å². The molecule has 1 aromatic heterocycles. The third kappa shape index (κ3) is 7.55. The molecule has 2 unspecified atom stereocenters. The first kappa shape index (κ1) is 23.0. The lowest BCUT2D eigenvalue weighted by Crippen LogP contribution is -2.40. The van der Waals surface area contributed by atoms with Crippen molar-refractivity contribution in [1.29, 1.82) is 0 Å². The van der Waals surface area contributed by atoms with Crippen LogP contribution in [0.3, 0.4) is 0 Å². The van der Waals surface area contributed by atoms with Crippen LogP contribution in [-0.2, 0) is 6.42 Å². The first-order valence-corrected chi connectivity index (χ1v) is 9.57. The molecule has 3 aromatic rings. The molecule has 0 bridgehead atoms. The summed E-state index contributed by atoms with van der Waals surface area (Å²) in [5.74, 6) is 1.59. The molecular weight excluding hydrogens is 477 g/mol. The average molecular weight is 505 g/mol. The highest BCUT2D eigenvalue weighted by atomic mass is 127. The lowest BCUT2D eigenvalue weighted by Gasteiger charge is -2.19. The molecule has 0 amide bonds. The number of aliphatic hydroxyl groups excluding tert-OH is 1. The molecule has 0 aliphatic heterocycles. The molecule has 3 N–H and O–H groups in total. The fourth-order valence-corrected chi connectivity index (χ4v) is 2.90. The van der Waals surface area contributed by atoms with Crippen LogP contribution in [-0.4, -0.2) is 24.2 Å². The summed E-state index contributed by atoms with van der Waals surface area (Å²) in [4.78, 5) is 4.60. The van der Waals surface area contributed by atoms with Gasteiger partial charge in [0.05, 0.1) is 25.0 Å². The van der Waals surface area contributed by atoms with E-state index < -0.39 is 6.10 Å². The lowest BCUT2D eigenvalue weighted by molar-refractivity contribution is 0.187. The van der Waals surface area contributed by atoms with E-state index in [1.54, 1.807) is 6.26 Å². The van der Waals surface area contributed by atoms with Crippen molar-refractivity contribution in [2.45, 2.75) is 25.5 Å². The van der Waals surface area contributed by atoms with E-state index in [4.69, 9.17) is 4.42 Å². The Labute approximate surface area is 189 Å². The van der Waals surface area contributed by atoms with Crippen LogP contribution in [0.4, 0.5) is 0 Å². The minimum atomic E-state index is -0.642. The van der Waals surface area contributed by atoms with Crippen LogP contribution in [0.2, 0.25) is 0 Å². The van der Waals surface area contributed by atoms with E-state index in [0.29, 0.717) is 12.5 Å². The molecule has 0 aliphatic carbocycles. The first-order chi connectivity index (χ1) is 13.7. The van der Waals surface area contributed by atoms with Crippen molar-refractivity contribution in [2.75, 3.05) is 13.1 Å².